The van der Waals surface area contributed by atoms with Gasteiger partial charge in [-0.25, -0.2) is 0 Å². The molecule has 2 rings (SSSR count). The van der Waals surface area contributed by atoms with Crippen molar-refractivity contribution in [3.8, 4) is 5.75 Å². The van der Waals surface area contributed by atoms with Crippen LogP contribution < -0.4 is 10.5 Å². The van der Waals surface area contributed by atoms with Crippen molar-refractivity contribution in [2.75, 3.05) is 0 Å². The van der Waals surface area contributed by atoms with Gasteiger partial charge in [0.2, 0.25) is 0 Å². The Hall–Kier alpha value is -1.42. The number of benzene rings is 1. The molecule has 3 N–H and O–H groups in total. The van der Waals surface area contributed by atoms with E-state index in [1.54, 1.807) is 18.2 Å². The fourth-order valence-corrected chi connectivity index (χ4v) is 2.57. The molecule has 1 aliphatic carbocycles. The molecule has 1 aromatic carbocycles. The molecule has 0 unspecified atom stereocenters. The molecular formula is C14H19ClN2O2. The number of nitrogens with two attached hydrogens (primary N) is 1. The lowest BCUT2D eigenvalue weighted by Gasteiger charge is -2.27. The number of amidine groups is 1. The van der Waals surface area contributed by atoms with E-state index in [1.807, 2.05) is 0 Å². The Morgan fingerprint density at radius 2 is 2.05 bits per heavy atom. The summed E-state index contributed by atoms with van der Waals surface area (Å²) in [4.78, 5) is 0. The summed E-state index contributed by atoms with van der Waals surface area (Å²) in [7, 11) is 0. The van der Waals surface area contributed by atoms with Crippen LogP contribution in [0.2, 0.25) is 5.02 Å². The van der Waals surface area contributed by atoms with Crippen molar-refractivity contribution in [1.82, 2.24) is 0 Å². The molecule has 0 aromatic heterocycles. The van der Waals surface area contributed by atoms with Gasteiger partial charge in [0.05, 0.1) is 11.1 Å². The number of nitrogens with zero attached hydrogens (tertiary/aromatic N) is 1. The van der Waals surface area contributed by atoms with E-state index in [-0.39, 0.29) is 11.9 Å². The summed E-state index contributed by atoms with van der Waals surface area (Å²) in [5.41, 5.74) is 6.09. The van der Waals surface area contributed by atoms with Gasteiger partial charge in [-0.1, -0.05) is 23.7 Å². The largest absolute Gasteiger partial charge is 0.489 e. The molecule has 1 saturated carbocycles. The lowest BCUT2D eigenvalue weighted by Crippen LogP contribution is -2.23. The van der Waals surface area contributed by atoms with E-state index in [0.29, 0.717) is 16.3 Å². The molecule has 0 atom stereocenters. The Kier molecular flexibility index (Phi) is 4.53. The number of oxime groups is 1. The first-order chi connectivity index (χ1) is 9.10. The van der Waals surface area contributed by atoms with Gasteiger partial charge in [0.25, 0.3) is 0 Å². The monoisotopic (exact) mass is 282 g/mol. The summed E-state index contributed by atoms with van der Waals surface area (Å²) in [5.74, 6) is 1.49. The van der Waals surface area contributed by atoms with Crippen LogP contribution in [0.1, 0.15) is 38.2 Å². The molecule has 1 fully saturated rings. The second-order valence-corrected chi connectivity index (χ2v) is 5.54. The van der Waals surface area contributed by atoms with Crippen LogP contribution in [-0.2, 0) is 0 Å². The molecule has 19 heavy (non-hydrogen) atoms. The number of ether oxygens (including phenoxy) is 1. The van der Waals surface area contributed by atoms with Crippen LogP contribution in [0.15, 0.2) is 23.4 Å². The second-order valence-electron chi connectivity index (χ2n) is 5.13. The van der Waals surface area contributed by atoms with E-state index in [0.717, 1.165) is 18.8 Å². The van der Waals surface area contributed by atoms with Gasteiger partial charge in [0.1, 0.15) is 5.75 Å². The molecule has 4 nitrogen and oxygen atoms in total. The highest BCUT2D eigenvalue weighted by Crippen LogP contribution is 2.31. The van der Waals surface area contributed by atoms with Crippen molar-refractivity contribution < 1.29 is 9.94 Å². The van der Waals surface area contributed by atoms with Crippen molar-refractivity contribution in [2.45, 2.75) is 38.7 Å². The minimum Gasteiger partial charge on any atom is -0.489 e. The van der Waals surface area contributed by atoms with Crippen LogP contribution in [0.5, 0.6) is 5.75 Å². The summed E-state index contributed by atoms with van der Waals surface area (Å²) >= 11 is 6.16. The summed E-state index contributed by atoms with van der Waals surface area (Å²) in [6, 6.07) is 5.16. The fraction of sp³-hybridized carbons (Fsp3) is 0.500. The van der Waals surface area contributed by atoms with E-state index in [1.165, 1.54) is 12.8 Å². The fourth-order valence-electron chi connectivity index (χ4n) is 2.34. The Bertz CT molecular complexity index is 469. The van der Waals surface area contributed by atoms with Gasteiger partial charge in [-0.2, -0.15) is 0 Å². The molecule has 0 amide bonds. The first kappa shape index (κ1) is 14.0. The van der Waals surface area contributed by atoms with Crippen LogP contribution >= 0.6 is 11.6 Å². The minimum absolute atomic E-state index is 0.0416. The van der Waals surface area contributed by atoms with Gasteiger partial charge < -0.3 is 15.7 Å². The van der Waals surface area contributed by atoms with E-state index in [9.17, 15) is 0 Å². The Morgan fingerprint density at radius 3 is 2.63 bits per heavy atom. The predicted molar refractivity (Wildman–Crippen MR) is 76.0 cm³/mol. The molecule has 104 valence electrons. The highest BCUT2D eigenvalue weighted by atomic mass is 35.5. The van der Waals surface area contributed by atoms with Crippen molar-refractivity contribution in [1.29, 1.82) is 0 Å². The number of hydrogen-bond acceptors (Lipinski definition) is 3. The molecule has 0 saturated heterocycles. The van der Waals surface area contributed by atoms with Crippen molar-refractivity contribution in [3.05, 3.63) is 28.8 Å². The van der Waals surface area contributed by atoms with E-state index in [4.69, 9.17) is 27.3 Å². The second kappa shape index (κ2) is 6.15. The quantitative estimate of drug-likeness (QED) is 0.386. The van der Waals surface area contributed by atoms with E-state index >= 15 is 0 Å². The van der Waals surface area contributed by atoms with E-state index in [2.05, 4.69) is 12.1 Å². The molecule has 1 aliphatic rings. The number of rotatable bonds is 3. The van der Waals surface area contributed by atoms with Crippen molar-refractivity contribution in [2.24, 2.45) is 16.8 Å². The van der Waals surface area contributed by atoms with Crippen LogP contribution in [0.3, 0.4) is 0 Å². The van der Waals surface area contributed by atoms with Crippen LogP contribution in [0.4, 0.5) is 0 Å². The highest BCUT2D eigenvalue weighted by Gasteiger charge is 2.20. The molecule has 0 spiro atoms. The third-order valence-electron chi connectivity index (χ3n) is 3.59. The third kappa shape index (κ3) is 3.53. The molecule has 0 bridgehead atoms. The smallest absolute Gasteiger partial charge is 0.170 e. The highest BCUT2D eigenvalue weighted by molar-refractivity contribution is 6.32. The molecule has 0 heterocycles. The van der Waals surface area contributed by atoms with Crippen LogP contribution in [-0.4, -0.2) is 17.1 Å². The first-order valence-electron chi connectivity index (χ1n) is 6.54. The number of halogens is 1. The van der Waals surface area contributed by atoms with Crippen molar-refractivity contribution >= 4 is 17.4 Å². The van der Waals surface area contributed by atoms with Gasteiger partial charge in [0.15, 0.2) is 5.84 Å². The minimum atomic E-state index is 0.0416. The topological polar surface area (TPSA) is 67.8 Å². The Balaban J connectivity index is 2.05. The van der Waals surface area contributed by atoms with Gasteiger partial charge in [0, 0.05) is 5.56 Å². The average Bonchev–Trinajstić information content (AvgIpc) is 2.42. The molecule has 0 radical (unpaired) electrons. The maximum Gasteiger partial charge on any atom is 0.170 e. The predicted octanol–water partition coefficient (Wildman–Crippen LogP) is 3.39. The van der Waals surface area contributed by atoms with Gasteiger partial charge >= 0.3 is 0 Å². The average molecular weight is 283 g/mol. The molecule has 0 aliphatic heterocycles. The lowest BCUT2D eigenvalue weighted by molar-refractivity contribution is 0.135. The zero-order chi connectivity index (χ0) is 13.8. The zero-order valence-electron chi connectivity index (χ0n) is 11.0. The molecule has 5 heteroatoms. The Morgan fingerprint density at radius 1 is 1.37 bits per heavy atom. The summed E-state index contributed by atoms with van der Waals surface area (Å²) < 4.78 is 5.93. The zero-order valence-corrected chi connectivity index (χ0v) is 11.7. The van der Waals surface area contributed by atoms with Gasteiger partial charge in [-0.3, -0.25) is 0 Å². The SMILES string of the molecule is CC1CCC(Oc2ccc(C(N)=NO)cc2Cl)CC1. The van der Waals surface area contributed by atoms with Crippen LogP contribution in [0.25, 0.3) is 0 Å². The first-order valence-corrected chi connectivity index (χ1v) is 6.92. The molecule has 1 aromatic rings. The van der Waals surface area contributed by atoms with Crippen molar-refractivity contribution in [3.63, 3.8) is 0 Å². The molecular weight excluding hydrogens is 264 g/mol. The lowest BCUT2D eigenvalue weighted by atomic mass is 9.89. The number of hydrogen-bond donors (Lipinski definition) is 2. The standard InChI is InChI=1S/C14H19ClN2O2/c1-9-2-5-11(6-3-9)19-13-7-4-10(8-12(13)15)14(16)17-18/h4,7-9,11,18H,2-3,5-6H2,1H3,(H2,16,17). The van der Waals surface area contributed by atoms with E-state index < -0.39 is 0 Å². The Labute approximate surface area is 118 Å². The van der Waals surface area contributed by atoms with Gasteiger partial charge in [-0.05, 0) is 49.8 Å². The van der Waals surface area contributed by atoms with Gasteiger partial charge in [-0.15, -0.1) is 0 Å². The summed E-state index contributed by atoms with van der Waals surface area (Å²) in [6.07, 6.45) is 4.77. The summed E-state index contributed by atoms with van der Waals surface area (Å²) in [6.45, 7) is 2.27. The summed E-state index contributed by atoms with van der Waals surface area (Å²) in [5, 5.41) is 12.1. The third-order valence-corrected chi connectivity index (χ3v) is 3.89. The van der Waals surface area contributed by atoms with Crippen LogP contribution in [0, 0.1) is 5.92 Å². The maximum atomic E-state index is 8.62. The normalized spacial score (nSPS) is 24.2. The maximum absolute atomic E-state index is 8.62.